The number of nitrogens with two attached hydrogens (primary N) is 1. The average Bonchev–Trinajstić information content (AvgIpc) is 2.39. The maximum Gasteiger partial charge on any atom is 0.417 e. The summed E-state index contributed by atoms with van der Waals surface area (Å²) in [5.41, 5.74) is 4.85. The van der Waals surface area contributed by atoms with E-state index in [-0.39, 0.29) is 11.7 Å². The first-order chi connectivity index (χ1) is 9.77. The predicted molar refractivity (Wildman–Crippen MR) is 74.3 cm³/mol. The molecule has 21 heavy (non-hydrogen) atoms. The number of anilines is 1. The summed E-state index contributed by atoms with van der Waals surface area (Å²) >= 11 is 5.53. The monoisotopic (exact) mass is 321 g/mol. The normalized spacial score (nSPS) is 19.5. The van der Waals surface area contributed by atoms with Crippen LogP contribution in [-0.2, 0) is 6.18 Å². The Morgan fingerprint density at radius 1 is 1.43 bits per heavy atom. The van der Waals surface area contributed by atoms with Crippen LogP contribution in [-0.4, -0.2) is 30.1 Å². The standard InChI is InChI=1S/C13H15ClF3N3O/c14-11-4-3-9(6-10(11)13(15,16)17)19-12(21)20-5-1-2-8(18)7-20/h3-4,6,8H,1-2,5,7,18H2,(H,19,21)/t8-/m1/s1. The van der Waals surface area contributed by atoms with Crippen LogP contribution in [0.25, 0.3) is 0 Å². The highest BCUT2D eigenvalue weighted by Gasteiger charge is 2.33. The Balaban J connectivity index is 2.11. The van der Waals surface area contributed by atoms with Gasteiger partial charge in [0.25, 0.3) is 0 Å². The van der Waals surface area contributed by atoms with Crippen molar-refractivity contribution >= 4 is 23.3 Å². The molecule has 1 aromatic rings. The van der Waals surface area contributed by atoms with Crippen molar-refractivity contribution in [3.05, 3.63) is 28.8 Å². The molecular formula is C13H15ClF3N3O. The van der Waals surface area contributed by atoms with Crippen LogP contribution in [0.3, 0.4) is 0 Å². The number of alkyl halides is 3. The first kappa shape index (κ1) is 15.9. The number of likely N-dealkylation sites (tertiary alicyclic amines) is 1. The number of hydrogen-bond acceptors (Lipinski definition) is 2. The number of nitrogens with one attached hydrogen (secondary N) is 1. The van der Waals surface area contributed by atoms with Crippen LogP contribution in [0.2, 0.25) is 5.02 Å². The zero-order chi connectivity index (χ0) is 15.6. The zero-order valence-corrected chi connectivity index (χ0v) is 11.8. The third kappa shape index (κ3) is 4.01. The summed E-state index contributed by atoms with van der Waals surface area (Å²) < 4.78 is 38.2. The number of nitrogens with zero attached hydrogens (tertiary/aromatic N) is 1. The summed E-state index contributed by atoms with van der Waals surface area (Å²) in [5.74, 6) is 0. The number of carbonyl (C=O) groups is 1. The highest BCUT2D eigenvalue weighted by Crippen LogP contribution is 2.36. The molecule has 1 aromatic carbocycles. The molecule has 1 saturated heterocycles. The molecule has 0 unspecified atom stereocenters. The molecule has 8 heteroatoms. The van der Waals surface area contributed by atoms with Crippen LogP contribution in [0.1, 0.15) is 18.4 Å². The van der Waals surface area contributed by atoms with Gasteiger partial charge in [-0.1, -0.05) is 11.6 Å². The first-order valence-corrected chi connectivity index (χ1v) is 6.83. The number of benzene rings is 1. The molecule has 1 atom stereocenters. The van der Waals surface area contributed by atoms with Gasteiger partial charge in [-0.2, -0.15) is 13.2 Å². The van der Waals surface area contributed by atoms with Gasteiger partial charge in [-0.25, -0.2) is 4.79 Å². The molecule has 0 aliphatic carbocycles. The maximum absolute atomic E-state index is 12.7. The van der Waals surface area contributed by atoms with E-state index >= 15 is 0 Å². The predicted octanol–water partition coefficient (Wildman–Crippen LogP) is 3.31. The van der Waals surface area contributed by atoms with Gasteiger partial charge >= 0.3 is 12.2 Å². The number of carbonyl (C=O) groups excluding carboxylic acids is 1. The molecule has 0 aromatic heterocycles. The van der Waals surface area contributed by atoms with Gasteiger partial charge in [-0.05, 0) is 31.0 Å². The molecule has 3 N–H and O–H groups in total. The van der Waals surface area contributed by atoms with Crippen molar-refractivity contribution in [3.8, 4) is 0 Å². The van der Waals surface area contributed by atoms with Crippen molar-refractivity contribution in [1.29, 1.82) is 0 Å². The minimum absolute atomic E-state index is 0.0517. The second kappa shape index (κ2) is 6.11. The van der Waals surface area contributed by atoms with Gasteiger partial charge in [0.2, 0.25) is 0 Å². The van der Waals surface area contributed by atoms with Crippen LogP contribution in [0.4, 0.5) is 23.7 Å². The molecule has 0 saturated carbocycles. The Morgan fingerprint density at radius 3 is 2.76 bits per heavy atom. The Hall–Kier alpha value is -1.47. The Bertz CT molecular complexity index is 536. The SMILES string of the molecule is N[C@@H]1CCCN(C(=O)Nc2ccc(Cl)c(C(F)(F)F)c2)C1. The number of amides is 2. The van der Waals surface area contributed by atoms with Gasteiger partial charge in [0, 0.05) is 24.8 Å². The number of hydrogen-bond donors (Lipinski definition) is 2. The van der Waals surface area contributed by atoms with Crippen molar-refractivity contribution in [3.63, 3.8) is 0 Å². The minimum Gasteiger partial charge on any atom is -0.326 e. The van der Waals surface area contributed by atoms with E-state index in [0.717, 1.165) is 25.0 Å². The average molecular weight is 322 g/mol. The van der Waals surface area contributed by atoms with E-state index in [4.69, 9.17) is 17.3 Å². The molecule has 0 radical (unpaired) electrons. The van der Waals surface area contributed by atoms with E-state index in [0.29, 0.717) is 13.1 Å². The summed E-state index contributed by atoms with van der Waals surface area (Å²) in [6.45, 7) is 0.935. The fraction of sp³-hybridized carbons (Fsp3) is 0.462. The van der Waals surface area contributed by atoms with Crippen LogP contribution >= 0.6 is 11.6 Å². The largest absolute Gasteiger partial charge is 0.417 e. The number of halogens is 4. The van der Waals surface area contributed by atoms with Crippen molar-refractivity contribution in [2.75, 3.05) is 18.4 Å². The number of rotatable bonds is 1. The molecule has 1 fully saturated rings. The molecule has 0 bridgehead atoms. The highest BCUT2D eigenvalue weighted by molar-refractivity contribution is 6.31. The summed E-state index contributed by atoms with van der Waals surface area (Å²) in [6.07, 6.45) is -2.95. The Morgan fingerprint density at radius 2 is 2.14 bits per heavy atom. The molecule has 2 rings (SSSR count). The molecule has 1 aliphatic rings. The Labute approximate surface area is 125 Å². The lowest BCUT2D eigenvalue weighted by molar-refractivity contribution is -0.137. The first-order valence-electron chi connectivity index (χ1n) is 6.45. The number of piperidine rings is 1. The van der Waals surface area contributed by atoms with Crippen molar-refractivity contribution in [2.24, 2.45) is 5.73 Å². The van der Waals surface area contributed by atoms with E-state index in [1.165, 1.54) is 11.0 Å². The smallest absolute Gasteiger partial charge is 0.326 e. The second-order valence-corrected chi connectivity index (χ2v) is 5.38. The highest BCUT2D eigenvalue weighted by atomic mass is 35.5. The molecule has 1 aliphatic heterocycles. The van der Waals surface area contributed by atoms with Crippen LogP contribution < -0.4 is 11.1 Å². The maximum atomic E-state index is 12.7. The molecular weight excluding hydrogens is 307 g/mol. The van der Waals surface area contributed by atoms with Crippen molar-refractivity contribution in [1.82, 2.24) is 4.90 Å². The zero-order valence-electron chi connectivity index (χ0n) is 11.1. The molecule has 0 spiro atoms. The lowest BCUT2D eigenvalue weighted by atomic mass is 10.1. The topological polar surface area (TPSA) is 58.4 Å². The van der Waals surface area contributed by atoms with E-state index < -0.39 is 22.8 Å². The van der Waals surface area contributed by atoms with Gasteiger partial charge in [-0.3, -0.25) is 0 Å². The third-order valence-corrected chi connectivity index (χ3v) is 3.60. The van der Waals surface area contributed by atoms with E-state index in [1.54, 1.807) is 0 Å². The van der Waals surface area contributed by atoms with Crippen molar-refractivity contribution < 1.29 is 18.0 Å². The van der Waals surface area contributed by atoms with Gasteiger partial charge in [-0.15, -0.1) is 0 Å². The quantitative estimate of drug-likeness (QED) is 0.833. The van der Waals surface area contributed by atoms with Gasteiger partial charge < -0.3 is 16.0 Å². The number of urea groups is 1. The third-order valence-electron chi connectivity index (χ3n) is 3.27. The summed E-state index contributed by atoms with van der Waals surface area (Å²) in [6, 6.07) is 2.71. The van der Waals surface area contributed by atoms with Gasteiger partial charge in [0.15, 0.2) is 0 Å². The summed E-state index contributed by atoms with van der Waals surface area (Å²) in [7, 11) is 0. The minimum atomic E-state index is -4.56. The fourth-order valence-electron chi connectivity index (χ4n) is 2.22. The molecule has 4 nitrogen and oxygen atoms in total. The molecule has 2 amide bonds. The van der Waals surface area contributed by atoms with Crippen molar-refractivity contribution in [2.45, 2.75) is 25.1 Å². The van der Waals surface area contributed by atoms with E-state index in [2.05, 4.69) is 5.32 Å². The summed E-state index contributed by atoms with van der Waals surface area (Å²) in [5, 5.41) is 2.04. The summed E-state index contributed by atoms with van der Waals surface area (Å²) in [4.78, 5) is 13.5. The van der Waals surface area contributed by atoms with E-state index in [1.807, 2.05) is 0 Å². The molecule has 1 heterocycles. The van der Waals surface area contributed by atoms with Crippen LogP contribution in [0.15, 0.2) is 18.2 Å². The second-order valence-electron chi connectivity index (χ2n) is 4.97. The molecule has 116 valence electrons. The lowest BCUT2D eigenvalue weighted by Crippen LogP contribution is -2.47. The lowest BCUT2D eigenvalue weighted by Gasteiger charge is -2.30. The van der Waals surface area contributed by atoms with Crippen LogP contribution in [0, 0.1) is 0 Å². The van der Waals surface area contributed by atoms with Gasteiger partial charge in [0.05, 0.1) is 10.6 Å². The Kier molecular flexibility index (Phi) is 4.63. The fourth-order valence-corrected chi connectivity index (χ4v) is 2.44. The van der Waals surface area contributed by atoms with Crippen LogP contribution in [0.5, 0.6) is 0 Å². The van der Waals surface area contributed by atoms with E-state index in [9.17, 15) is 18.0 Å². The van der Waals surface area contributed by atoms with Gasteiger partial charge in [0.1, 0.15) is 0 Å².